The number of aliphatic carboxylic acids is 1. The Hall–Kier alpha value is -2.39. The van der Waals surface area contributed by atoms with Gasteiger partial charge in [0.05, 0.1) is 5.60 Å². The molecule has 0 aliphatic heterocycles. The molecule has 0 radical (unpaired) electrons. The van der Waals surface area contributed by atoms with Crippen molar-refractivity contribution in [3.05, 3.63) is 83.9 Å². The predicted molar refractivity (Wildman–Crippen MR) is 95.8 cm³/mol. The second kappa shape index (κ2) is 7.02. The number of rotatable bonds is 7. The molecule has 0 heterocycles. The highest BCUT2D eigenvalue weighted by Crippen LogP contribution is 2.41. The van der Waals surface area contributed by atoms with E-state index in [1.54, 1.807) is 0 Å². The minimum absolute atomic E-state index is 0.00483. The Balaban J connectivity index is 2.39. The van der Waals surface area contributed by atoms with Gasteiger partial charge in [-0.2, -0.15) is 0 Å². The van der Waals surface area contributed by atoms with E-state index in [0.29, 0.717) is 12.0 Å². The number of hydrogen-bond donors (Lipinski definition) is 2. The molecule has 0 aliphatic rings. The van der Waals surface area contributed by atoms with Crippen LogP contribution in [0.3, 0.4) is 0 Å². The van der Waals surface area contributed by atoms with Crippen molar-refractivity contribution < 1.29 is 15.0 Å². The molecule has 2 N–H and O–H groups in total. The third kappa shape index (κ3) is 4.12. The smallest absolute Gasteiger partial charge is 0.331 e. The zero-order chi connectivity index (χ0) is 17.8. The molecular weight excluding hydrogens is 300 g/mol. The molecule has 3 heteroatoms. The number of carboxylic acids is 1. The Morgan fingerprint density at radius 1 is 0.958 bits per heavy atom. The first kappa shape index (κ1) is 18.0. The molecule has 2 aromatic carbocycles. The molecular formula is C21H24O3. The maximum absolute atomic E-state index is 11.4. The van der Waals surface area contributed by atoms with E-state index in [1.165, 1.54) is 0 Å². The van der Waals surface area contributed by atoms with Crippen molar-refractivity contribution in [3.63, 3.8) is 0 Å². The lowest BCUT2D eigenvalue weighted by Crippen LogP contribution is -2.35. The van der Waals surface area contributed by atoms with Crippen LogP contribution in [0.1, 0.15) is 37.8 Å². The summed E-state index contributed by atoms with van der Waals surface area (Å²) in [6, 6.07) is 19.2. The van der Waals surface area contributed by atoms with E-state index in [0.717, 1.165) is 5.56 Å². The minimum Gasteiger partial charge on any atom is -0.478 e. The van der Waals surface area contributed by atoms with Crippen molar-refractivity contribution in [2.45, 2.75) is 37.7 Å². The van der Waals surface area contributed by atoms with Gasteiger partial charge in [-0.05, 0) is 23.0 Å². The van der Waals surface area contributed by atoms with Crippen LogP contribution in [0.4, 0.5) is 0 Å². The van der Waals surface area contributed by atoms with Crippen LogP contribution in [0, 0.1) is 0 Å². The number of hydrogen-bond acceptors (Lipinski definition) is 2. The molecule has 2 aromatic rings. The summed E-state index contributed by atoms with van der Waals surface area (Å²) in [5.41, 5.74) is 0.183. The van der Waals surface area contributed by atoms with Gasteiger partial charge in [-0.15, -0.1) is 0 Å². The standard InChI is InChI=1S/C21H24O3/c1-16(19(22)23)14-21(24,18-12-8-5-9-13-18)15-20(2,3)17-10-6-4-7-11-17/h4-13,24H,1,14-15H2,2-3H3,(H,22,23). The van der Waals surface area contributed by atoms with Crippen LogP contribution in [0.25, 0.3) is 0 Å². The highest BCUT2D eigenvalue weighted by Gasteiger charge is 2.38. The first-order chi connectivity index (χ1) is 11.2. The van der Waals surface area contributed by atoms with Crippen molar-refractivity contribution in [1.29, 1.82) is 0 Å². The van der Waals surface area contributed by atoms with Crippen LogP contribution >= 0.6 is 0 Å². The average molecular weight is 324 g/mol. The van der Waals surface area contributed by atoms with Gasteiger partial charge in [-0.25, -0.2) is 4.79 Å². The Morgan fingerprint density at radius 2 is 1.42 bits per heavy atom. The Morgan fingerprint density at radius 3 is 1.88 bits per heavy atom. The first-order valence-corrected chi connectivity index (χ1v) is 7.99. The van der Waals surface area contributed by atoms with E-state index in [1.807, 2.05) is 60.7 Å². The summed E-state index contributed by atoms with van der Waals surface area (Å²) in [6.07, 6.45) is 0.378. The van der Waals surface area contributed by atoms with Gasteiger partial charge in [-0.3, -0.25) is 0 Å². The lowest BCUT2D eigenvalue weighted by Gasteiger charge is -2.37. The number of carbonyl (C=O) groups is 1. The molecule has 24 heavy (non-hydrogen) atoms. The van der Waals surface area contributed by atoms with E-state index >= 15 is 0 Å². The summed E-state index contributed by atoms with van der Waals surface area (Å²) in [5.74, 6) is -1.08. The second-order valence-corrected chi connectivity index (χ2v) is 6.91. The van der Waals surface area contributed by atoms with Crippen LogP contribution in [0.5, 0.6) is 0 Å². The first-order valence-electron chi connectivity index (χ1n) is 7.99. The zero-order valence-electron chi connectivity index (χ0n) is 14.2. The zero-order valence-corrected chi connectivity index (χ0v) is 14.2. The van der Waals surface area contributed by atoms with Crippen LogP contribution in [-0.4, -0.2) is 16.2 Å². The Bertz CT molecular complexity index is 704. The molecule has 1 atom stereocenters. The molecule has 3 nitrogen and oxygen atoms in total. The van der Waals surface area contributed by atoms with Gasteiger partial charge in [0.2, 0.25) is 0 Å². The fraction of sp³-hybridized carbons (Fsp3) is 0.286. The van der Waals surface area contributed by atoms with Crippen molar-refractivity contribution in [1.82, 2.24) is 0 Å². The minimum atomic E-state index is -1.30. The number of benzene rings is 2. The topological polar surface area (TPSA) is 57.5 Å². The molecule has 1 unspecified atom stereocenters. The van der Waals surface area contributed by atoms with Gasteiger partial charge >= 0.3 is 5.97 Å². The van der Waals surface area contributed by atoms with E-state index in [9.17, 15) is 15.0 Å². The van der Waals surface area contributed by atoms with Gasteiger partial charge < -0.3 is 10.2 Å². The van der Waals surface area contributed by atoms with E-state index in [-0.39, 0.29) is 17.4 Å². The van der Waals surface area contributed by atoms with Gasteiger partial charge in [0.1, 0.15) is 0 Å². The Kier molecular flexibility index (Phi) is 5.25. The quantitative estimate of drug-likeness (QED) is 0.748. The highest BCUT2D eigenvalue weighted by atomic mass is 16.4. The molecule has 0 amide bonds. The molecule has 0 saturated carbocycles. The Labute approximate surface area is 143 Å². The summed E-state index contributed by atoms with van der Waals surface area (Å²) in [5, 5.41) is 20.6. The summed E-state index contributed by atoms with van der Waals surface area (Å²) in [4.78, 5) is 11.2. The summed E-state index contributed by atoms with van der Waals surface area (Å²) < 4.78 is 0. The van der Waals surface area contributed by atoms with Crippen LogP contribution in [-0.2, 0) is 15.8 Å². The monoisotopic (exact) mass is 324 g/mol. The van der Waals surface area contributed by atoms with Gasteiger partial charge in [-0.1, -0.05) is 81.1 Å². The molecule has 0 spiro atoms. The predicted octanol–water partition coefficient (Wildman–Crippen LogP) is 4.27. The fourth-order valence-electron chi connectivity index (χ4n) is 3.17. The summed E-state index contributed by atoms with van der Waals surface area (Å²) in [7, 11) is 0. The van der Waals surface area contributed by atoms with E-state index < -0.39 is 11.6 Å². The third-order valence-electron chi connectivity index (χ3n) is 4.41. The van der Waals surface area contributed by atoms with E-state index in [4.69, 9.17) is 0 Å². The second-order valence-electron chi connectivity index (χ2n) is 6.91. The molecule has 0 bridgehead atoms. The van der Waals surface area contributed by atoms with Gasteiger partial charge in [0, 0.05) is 12.0 Å². The fourth-order valence-corrected chi connectivity index (χ4v) is 3.17. The molecule has 0 aliphatic carbocycles. The lowest BCUT2D eigenvalue weighted by atomic mass is 9.71. The number of carboxylic acid groups (broad SMARTS) is 1. The average Bonchev–Trinajstić information content (AvgIpc) is 2.56. The number of aliphatic hydroxyl groups is 1. The van der Waals surface area contributed by atoms with Crippen LogP contribution < -0.4 is 0 Å². The SMILES string of the molecule is C=C(CC(O)(CC(C)(C)c1ccccc1)c1ccccc1)C(=O)O. The molecule has 2 rings (SSSR count). The lowest BCUT2D eigenvalue weighted by molar-refractivity contribution is -0.133. The van der Waals surface area contributed by atoms with Gasteiger partial charge in [0.15, 0.2) is 0 Å². The van der Waals surface area contributed by atoms with Crippen molar-refractivity contribution >= 4 is 5.97 Å². The third-order valence-corrected chi connectivity index (χ3v) is 4.41. The molecule has 0 aromatic heterocycles. The molecule has 0 fully saturated rings. The van der Waals surface area contributed by atoms with Crippen molar-refractivity contribution in [3.8, 4) is 0 Å². The molecule has 126 valence electrons. The van der Waals surface area contributed by atoms with E-state index in [2.05, 4.69) is 20.4 Å². The maximum atomic E-state index is 11.4. The van der Waals surface area contributed by atoms with Crippen LogP contribution in [0.2, 0.25) is 0 Å². The van der Waals surface area contributed by atoms with Crippen molar-refractivity contribution in [2.24, 2.45) is 0 Å². The summed E-state index contributed by atoms with van der Waals surface area (Å²) >= 11 is 0. The normalized spacial score (nSPS) is 14.0. The van der Waals surface area contributed by atoms with Crippen molar-refractivity contribution in [2.75, 3.05) is 0 Å². The van der Waals surface area contributed by atoms with Crippen LogP contribution in [0.15, 0.2) is 72.8 Å². The highest BCUT2D eigenvalue weighted by molar-refractivity contribution is 5.86. The largest absolute Gasteiger partial charge is 0.478 e. The summed E-state index contributed by atoms with van der Waals surface area (Å²) in [6.45, 7) is 7.72. The molecule has 0 saturated heterocycles. The van der Waals surface area contributed by atoms with Gasteiger partial charge in [0.25, 0.3) is 0 Å². The maximum Gasteiger partial charge on any atom is 0.331 e.